The maximum absolute atomic E-state index is 13.6. The highest BCUT2D eigenvalue weighted by Gasteiger charge is 2.30. The Labute approximate surface area is 207 Å². The van der Waals surface area contributed by atoms with E-state index in [9.17, 15) is 9.59 Å². The van der Waals surface area contributed by atoms with E-state index in [1.54, 1.807) is 16.7 Å². The molecule has 0 saturated heterocycles. The molecule has 0 bridgehead atoms. The van der Waals surface area contributed by atoms with Gasteiger partial charge >= 0.3 is 0 Å². The number of rotatable bonds is 11. The monoisotopic (exact) mass is 474 g/mol. The lowest BCUT2D eigenvalue weighted by Crippen LogP contribution is -2.51. The molecule has 178 valence electrons. The normalized spacial score (nSPS) is 11.6. The highest BCUT2D eigenvalue weighted by Crippen LogP contribution is 2.20. The van der Waals surface area contributed by atoms with Gasteiger partial charge in [0.1, 0.15) is 6.04 Å². The van der Waals surface area contributed by atoms with Crippen LogP contribution in [-0.4, -0.2) is 35.1 Å². The van der Waals surface area contributed by atoms with Crippen LogP contribution in [0.5, 0.6) is 0 Å². The second kappa shape index (κ2) is 13.0. The third-order valence-corrected chi connectivity index (χ3v) is 6.81. The van der Waals surface area contributed by atoms with Gasteiger partial charge in [0.15, 0.2) is 0 Å². The third kappa shape index (κ3) is 7.49. The molecule has 3 aromatic rings. The highest BCUT2D eigenvalue weighted by atomic mass is 32.2. The fourth-order valence-electron chi connectivity index (χ4n) is 3.84. The number of nitrogens with one attached hydrogen (secondary N) is 1. The van der Waals surface area contributed by atoms with Gasteiger partial charge in [0.25, 0.3) is 0 Å². The van der Waals surface area contributed by atoms with Gasteiger partial charge in [-0.15, -0.1) is 11.8 Å². The second-order valence-electron chi connectivity index (χ2n) is 8.53. The fraction of sp³-hybridized carbons (Fsp3) is 0.310. The van der Waals surface area contributed by atoms with Gasteiger partial charge in [-0.25, -0.2) is 0 Å². The Balaban J connectivity index is 1.82. The molecule has 3 aromatic carbocycles. The average Bonchev–Trinajstić information content (AvgIpc) is 2.84. The van der Waals surface area contributed by atoms with Gasteiger partial charge in [0.05, 0.1) is 5.75 Å². The maximum Gasteiger partial charge on any atom is 0.243 e. The maximum atomic E-state index is 13.6. The van der Waals surface area contributed by atoms with E-state index in [-0.39, 0.29) is 11.8 Å². The zero-order chi connectivity index (χ0) is 24.3. The lowest BCUT2D eigenvalue weighted by atomic mass is 10.0. The first-order chi connectivity index (χ1) is 16.5. The molecule has 5 heteroatoms. The first kappa shape index (κ1) is 25.6. The van der Waals surface area contributed by atoms with Gasteiger partial charge in [-0.2, -0.15) is 0 Å². The van der Waals surface area contributed by atoms with E-state index < -0.39 is 6.04 Å². The summed E-state index contributed by atoms with van der Waals surface area (Å²) in [6.45, 7) is 6.97. The Morgan fingerprint density at radius 1 is 0.882 bits per heavy atom. The van der Waals surface area contributed by atoms with Crippen molar-refractivity contribution in [2.45, 2.75) is 45.5 Å². The number of thioether (sulfide) groups is 1. The molecule has 0 saturated carbocycles. The molecule has 0 radical (unpaired) electrons. The summed E-state index contributed by atoms with van der Waals surface area (Å²) in [4.78, 5) is 28.5. The Hall–Kier alpha value is -3.05. The molecule has 34 heavy (non-hydrogen) atoms. The second-order valence-corrected chi connectivity index (χ2v) is 9.51. The van der Waals surface area contributed by atoms with Crippen LogP contribution in [0.2, 0.25) is 0 Å². The van der Waals surface area contributed by atoms with Crippen LogP contribution < -0.4 is 5.32 Å². The SMILES string of the molecule is CCNC(=O)[C@H](Cc1ccccc1)N(Cc1ccc(C)cc1)C(=O)CSCc1ccccc1C. The Morgan fingerprint density at radius 3 is 2.24 bits per heavy atom. The van der Waals surface area contributed by atoms with Crippen molar-refractivity contribution in [1.29, 1.82) is 0 Å². The fourth-order valence-corrected chi connectivity index (χ4v) is 4.83. The molecule has 0 fully saturated rings. The molecule has 2 amide bonds. The molecule has 0 aliphatic carbocycles. The van der Waals surface area contributed by atoms with Crippen LogP contribution in [0.4, 0.5) is 0 Å². The van der Waals surface area contributed by atoms with Gasteiger partial charge < -0.3 is 10.2 Å². The van der Waals surface area contributed by atoms with Crippen LogP contribution in [0.3, 0.4) is 0 Å². The summed E-state index contributed by atoms with van der Waals surface area (Å²) in [6.07, 6.45) is 0.479. The summed E-state index contributed by atoms with van der Waals surface area (Å²) < 4.78 is 0. The number of nitrogens with zero attached hydrogens (tertiary/aromatic N) is 1. The summed E-state index contributed by atoms with van der Waals surface area (Å²) in [5.74, 6) is 0.952. The number of amides is 2. The minimum absolute atomic E-state index is 0.0219. The van der Waals surface area contributed by atoms with Crippen LogP contribution in [0.25, 0.3) is 0 Å². The van der Waals surface area contributed by atoms with Gasteiger partial charge in [0.2, 0.25) is 11.8 Å². The van der Waals surface area contributed by atoms with Gasteiger partial charge in [-0.05, 0) is 43.0 Å². The Kier molecular flexibility index (Phi) is 9.77. The lowest BCUT2D eigenvalue weighted by Gasteiger charge is -2.31. The molecule has 0 unspecified atom stereocenters. The molecule has 1 N–H and O–H groups in total. The molecular weight excluding hydrogens is 440 g/mol. The van der Waals surface area contributed by atoms with Gasteiger partial charge in [-0.1, -0.05) is 84.4 Å². The van der Waals surface area contributed by atoms with Gasteiger partial charge in [-0.3, -0.25) is 9.59 Å². The van der Waals surface area contributed by atoms with Crippen molar-refractivity contribution in [1.82, 2.24) is 10.2 Å². The van der Waals surface area contributed by atoms with Crippen molar-refractivity contribution in [3.63, 3.8) is 0 Å². The number of carbonyl (C=O) groups excluding carboxylic acids is 2. The Bertz CT molecular complexity index is 1070. The van der Waals surface area contributed by atoms with Crippen molar-refractivity contribution in [3.8, 4) is 0 Å². The molecule has 1 atom stereocenters. The number of aryl methyl sites for hydroxylation is 2. The van der Waals surface area contributed by atoms with Crippen molar-refractivity contribution < 1.29 is 9.59 Å². The lowest BCUT2D eigenvalue weighted by molar-refractivity contribution is -0.139. The average molecular weight is 475 g/mol. The van der Waals surface area contributed by atoms with E-state index in [1.807, 2.05) is 80.6 Å². The van der Waals surface area contributed by atoms with Crippen LogP contribution in [0.1, 0.15) is 34.7 Å². The summed E-state index contributed by atoms with van der Waals surface area (Å²) in [5, 5.41) is 2.95. The molecule has 0 heterocycles. The van der Waals surface area contributed by atoms with E-state index in [0.29, 0.717) is 25.3 Å². The van der Waals surface area contributed by atoms with Crippen molar-refractivity contribution in [3.05, 3.63) is 107 Å². The topological polar surface area (TPSA) is 49.4 Å². The zero-order valence-corrected chi connectivity index (χ0v) is 21.1. The number of carbonyl (C=O) groups is 2. The first-order valence-electron chi connectivity index (χ1n) is 11.8. The highest BCUT2D eigenvalue weighted by molar-refractivity contribution is 7.99. The van der Waals surface area contributed by atoms with Crippen molar-refractivity contribution >= 4 is 23.6 Å². The third-order valence-electron chi connectivity index (χ3n) is 5.84. The minimum Gasteiger partial charge on any atom is -0.355 e. The number of benzene rings is 3. The molecule has 4 nitrogen and oxygen atoms in total. The molecule has 0 aromatic heterocycles. The molecule has 3 rings (SSSR count). The van der Waals surface area contributed by atoms with Gasteiger partial charge in [0, 0.05) is 25.3 Å². The predicted molar refractivity (Wildman–Crippen MR) is 142 cm³/mol. The van der Waals surface area contributed by atoms with Crippen LogP contribution in [0, 0.1) is 13.8 Å². The standard InChI is InChI=1S/C29H34N2O2S/c1-4-30-29(33)27(18-24-11-6-5-7-12-24)31(19-25-16-14-22(2)15-17-25)28(32)21-34-20-26-13-9-8-10-23(26)3/h5-17,27H,4,18-21H2,1-3H3,(H,30,33)/t27-/m0/s1. The van der Waals surface area contributed by atoms with E-state index in [1.165, 1.54) is 16.7 Å². The number of hydrogen-bond acceptors (Lipinski definition) is 3. The number of likely N-dealkylation sites (N-methyl/N-ethyl adjacent to an activating group) is 1. The largest absolute Gasteiger partial charge is 0.355 e. The zero-order valence-electron chi connectivity index (χ0n) is 20.3. The number of hydrogen-bond donors (Lipinski definition) is 1. The summed E-state index contributed by atoms with van der Waals surface area (Å²) in [7, 11) is 0. The predicted octanol–water partition coefficient (Wildman–Crippen LogP) is 5.31. The van der Waals surface area contributed by atoms with Crippen molar-refractivity contribution in [2.75, 3.05) is 12.3 Å². The van der Waals surface area contributed by atoms with E-state index in [2.05, 4.69) is 24.4 Å². The van der Waals surface area contributed by atoms with Crippen LogP contribution in [-0.2, 0) is 28.3 Å². The molecular formula is C29H34N2O2S. The molecule has 0 aliphatic heterocycles. The minimum atomic E-state index is -0.574. The first-order valence-corrected chi connectivity index (χ1v) is 12.9. The van der Waals surface area contributed by atoms with E-state index in [4.69, 9.17) is 0 Å². The van der Waals surface area contributed by atoms with Crippen LogP contribution in [0.15, 0.2) is 78.9 Å². The molecule has 0 spiro atoms. The molecule has 0 aliphatic rings. The Morgan fingerprint density at radius 2 is 1.56 bits per heavy atom. The van der Waals surface area contributed by atoms with E-state index in [0.717, 1.165) is 16.9 Å². The van der Waals surface area contributed by atoms with Crippen molar-refractivity contribution in [2.24, 2.45) is 0 Å². The van der Waals surface area contributed by atoms with E-state index >= 15 is 0 Å². The smallest absolute Gasteiger partial charge is 0.243 e. The van der Waals surface area contributed by atoms with Crippen LogP contribution >= 0.6 is 11.8 Å². The summed E-state index contributed by atoms with van der Waals surface area (Å²) in [5.41, 5.74) is 5.68. The summed E-state index contributed by atoms with van der Waals surface area (Å²) >= 11 is 1.60. The quantitative estimate of drug-likeness (QED) is 0.410. The summed E-state index contributed by atoms with van der Waals surface area (Å²) in [6, 6.07) is 25.7.